The normalized spacial score (nSPS) is 14.8. The summed E-state index contributed by atoms with van der Waals surface area (Å²) in [7, 11) is 0. The van der Waals surface area contributed by atoms with E-state index < -0.39 is 17.4 Å². The molecule has 2 heterocycles. The van der Waals surface area contributed by atoms with E-state index in [2.05, 4.69) is 4.98 Å². The van der Waals surface area contributed by atoms with Gasteiger partial charge in [-0.3, -0.25) is 9.78 Å². The third kappa shape index (κ3) is 4.11. The highest BCUT2D eigenvalue weighted by Crippen LogP contribution is 2.37. The molecule has 0 atom stereocenters. The maximum atomic E-state index is 12.9. The molecule has 4 rings (SSSR count). The maximum Gasteiger partial charge on any atom is 0.446 e. The van der Waals surface area contributed by atoms with Gasteiger partial charge in [0.05, 0.1) is 11.2 Å². The lowest BCUT2D eigenvalue weighted by molar-refractivity contribution is -0.116. The van der Waals surface area contributed by atoms with Gasteiger partial charge in [0.15, 0.2) is 0 Å². The molecule has 1 aliphatic rings. The van der Waals surface area contributed by atoms with E-state index in [9.17, 15) is 22.8 Å². The first-order valence-corrected chi connectivity index (χ1v) is 9.85. The summed E-state index contributed by atoms with van der Waals surface area (Å²) in [4.78, 5) is 32.1. The third-order valence-corrected chi connectivity index (χ3v) is 5.45. The summed E-state index contributed by atoms with van der Waals surface area (Å²) in [5.41, 5.74) is -1.44. The van der Waals surface area contributed by atoms with Gasteiger partial charge in [-0.25, -0.2) is 9.69 Å². The van der Waals surface area contributed by atoms with Crippen LogP contribution in [0.1, 0.15) is 11.1 Å². The van der Waals surface area contributed by atoms with Crippen molar-refractivity contribution in [2.75, 3.05) is 11.4 Å². The number of aromatic nitrogens is 1. The minimum Gasteiger partial charge on any atom is -0.310 e. The molecule has 0 spiro atoms. The number of pyridine rings is 1. The first-order valence-electron chi connectivity index (χ1n) is 9.03. The first kappa shape index (κ1) is 20.2. The Bertz CT molecular complexity index is 1130. The zero-order valence-corrected chi connectivity index (χ0v) is 16.6. The molecule has 9 heteroatoms. The number of hydrogen-bond acceptors (Lipinski definition) is 4. The molecule has 0 bridgehead atoms. The van der Waals surface area contributed by atoms with Gasteiger partial charge in [-0.1, -0.05) is 11.6 Å². The van der Waals surface area contributed by atoms with Crippen molar-refractivity contribution in [3.05, 3.63) is 65.9 Å². The highest BCUT2D eigenvalue weighted by atomic mass is 32.2. The molecule has 1 fully saturated rings. The van der Waals surface area contributed by atoms with Gasteiger partial charge in [0.1, 0.15) is 6.54 Å². The summed E-state index contributed by atoms with van der Waals surface area (Å²) >= 11 is -0.247. The van der Waals surface area contributed by atoms with Crippen molar-refractivity contribution in [1.29, 1.82) is 0 Å². The minimum absolute atomic E-state index is 0.0131. The summed E-state index contributed by atoms with van der Waals surface area (Å²) in [6.45, 7) is 2.09. The van der Waals surface area contributed by atoms with E-state index in [0.717, 1.165) is 26.9 Å². The number of halogens is 3. The van der Waals surface area contributed by atoms with Crippen molar-refractivity contribution in [2.45, 2.75) is 23.9 Å². The van der Waals surface area contributed by atoms with Gasteiger partial charge in [-0.2, -0.15) is 13.2 Å². The summed E-state index contributed by atoms with van der Waals surface area (Å²) in [5.74, 6) is -0.425. The van der Waals surface area contributed by atoms with Crippen molar-refractivity contribution >= 4 is 40.3 Å². The van der Waals surface area contributed by atoms with Gasteiger partial charge in [-0.15, -0.1) is 0 Å². The Balaban J connectivity index is 1.56. The van der Waals surface area contributed by atoms with E-state index in [1.54, 1.807) is 6.20 Å². The molecular weight excluding hydrogens is 415 g/mol. The molecule has 5 nitrogen and oxygen atoms in total. The summed E-state index contributed by atoms with van der Waals surface area (Å²) < 4.78 is 37.5. The molecule has 1 aliphatic heterocycles. The van der Waals surface area contributed by atoms with Crippen LogP contribution in [0.25, 0.3) is 10.9 Å². The number of rotatable bonds is 4. The van der Waals surface area contributed by atoms with Crippen LogP contribution in [0.4, 0.5) is 23.7 Å². The Kier molecular flexibility index (Phi) is 5.15. The number of carbonyl (C=O) groups is 2. The Morgan fingerprint density at radius 3 is 2.50 bits per heavy atom. The Morgan fingerprint density at radius 1 is 1.07 bits per heavy atom. The Hall–Kier alpha value is -3.07. The fourth-order valence-electron chi connectivity index (χ4n) is 3.39. The minimum atomic E-state index is -4.40. The highest BCUT2D eigenvalue weighted by Gasteiger charge is 2.37. The van der Waals surface area contributed by atoms with Crippen LogP contribution in [0.15, 0.2) is 59.6 Å². The number of imide groups is 1. The number of anilines is 1. The smallest absolute Gasteiger partial charge is 0.310 e. The van der Waals surface area contributed by atoms with E-state index >= 15 is 0 Å². The largest absolute Gasteiger partial charge is 0.446 e. The summed E-state index contributed by atoms with van der Waals surface area (Å²) in [6.07, 6.45) is 1.66. The zero-order valence-electron chi connectivity index (χ0n) is 15.8. The average Bonchev–Trinajstić information content (AvgIpc) is 2.95. The number of amides is 3. The fraction of sp³-hybridized carbons (Fsp3) is 0.190. The highest BCUT2D eigenvalue weighted by molar-refractivity contribution is 8.00. The van der Waals surface area contributed by atoms with Gasteiger partial charge in [0, 0.05) is 23.0 Å². The van der Waals surface area contributed by atoms with Crippen molar-refractivity contribution in [3.8, 4) is 0 Å². The number of carbonyl (C=O) groups excluding carboxylic acids is 2. The van der Waals surface area contributed by atoms with Gasteiger partial charge >= 0.3 is 11.5 Å². The molecule has 0 N–H and O–H groups in total. The molecule has 30 heavy (non-hydrogen) atoms. The molecule has 0 saturated carbocycles. The lowest BCUT2D eigenvalue weighted by Crippen LogP contribution is -2.32. The van der Waals surface area contributed by atoms with E-state index in [-0.39, 0.29) is 35.4 Å². The van der Waals surface area contributed by atoms with E-state index in [1.807, 2.05) is 31.2 Å². The third-order valence-electron chi connectivity index (χ3n) is 4.71. The van der Waals surface area contributed by atoms with Crippen LogP contribution >= 0.6 is 11.8 Å². The summed E-state index contributed by atoms with van der Waals surface area (Å²) in [5, 5.41) is 0.907. The molecule has 1 aromatic heterocycles. The van der Waals surface area contributed by atoms with Gasteiger partial charge in [0.2, 0.25) is 0 Å². The Morgan fingerprint density at radius 2 is 1.80 bits per heavy atom. The van der Waals surface area contributed by atoms with E-state index in [1.165, 1.54) is 29.2 Å². The molecule has 0 radical (unpaired) electrons. The molecule has 154 valence electrons. The van der Waals surface area contributed by atoms with E-state index in [4.69, 9.17) is 0 Å². The van der Waals surface area contributed by atoms with Gasteiger partial charge in [0.25, 0.3) is 5.91 Å². The number of aryl methyl sites for hydroxylation is 1. The number of hydrogen-bond donors (Lipinski definition) is 0. The number of alkyl halides is 3. The molecule has 0 aliphatic carbocycles. The van der Waals surface area contributed by atoms with Crippen LogP contribution in [0.5, 0.6) is 0 Å². The van der Waals surface area contributed by atoms with Crippen LogP contribution in [0.2, 0.25) is 0 Å². The fourth-order valence-corrected chi connectivity index (χ4v) is 3.92. The molecular formula is C21H16F3N3O2S. The van der Waals surface area contributed by atoms with Crippen LogP contribution in [-0.2, 0) is 11.3 Å². The molecule has 1 saturated heterocycles. The second-order valence-electron chi connectivity index (χ2n) is 6.90. The van der Waals surface area contributed by atoms with E-state index in [0.29, 0.717) is 0 Å². The lowest BCUT2D eigenvalue weighted by Gasteiger charge is -2.18. The topological polar surface area (TPSA) is 53.5 Å². The molecule has 3 amide bonds. The standard InChI is InChI=1S/C21H16F3N3O2S/c1-13-2-7-18-17(10-13)14(8-9-25-18)11-26-12-19(28)27(20(26)29)15-3-5-16(6-4-15)30-21(22,23)24/h2-10H,11-12H2,1H3. The average molecular weight is 431 g/mol. The zero-order chi connectivity index (χ0) is 21.5. The summed E-state index contributed by atoms with van der Waals surface area (Å²) in [6, 6.07) is 12.3. The van der Waals surface area contributed by atoms with Crippen molar-refractivity contribution in [3.63, 3.8) is 0 Å². The van der Waals surface area contributed by atoms with Crippen molar-refractivity contribution in [1.82, 2.24) is 9.88 Å². The SMILES string of the molecule is Cc1ccc2nccc(CN3CC(=O)N(c4ccc(SC(F)(F)F)cc4)C3=O)c2c1. The number of thioether (sulfide) groups is 1. The molecule has 0 unspecified atom stereocenters. The number of fused-ring (bicyclic) bond motifs is 1. The lowest BCUT2D eigenvalue weighted by atomic mass is 10.1. The van der Waals surface area contributed by atoms with Crippen LogP contribution in [0, 0.1) is 6.92 Å². The predicted octanol–water partition coefficient (Wildman–Crippen LogP) is 5.12. The maximum absolute atomic E-state index is 12.9. The van der Waals surface area contributed by atoms with Gasteiger partial charge in [-0.05, 0) is 66.7 Å². The van der Waals surface area contributed by atoms with Crippen LogP contribution in [-0.4, -0.2) is 33.9 Å². The molecule has 2 aromatic carbocycles. The molecule has 3 aromatic rings. The quantitative estimate of drug-likeness (QED) is 0.425. The predicted molar refractivity (Wildman–Crippen MR) is 108 cm³/mol. The van der Waals surface area contributed by atoms with Crippen molar-refractivity contribution < 1.29 is 22.8 Å². The Labute approximate surface area is 174 Å². The van der Waals surface area contributed by atoms with Gasteiger partial charge < -0.3 is 4.90 Å². The van der Waals surface area contributed by atoms with Crippen LogP contribution < -0.4 is 4.90 Å². The number of urea groups is 1. The number of nitrogens with zero attached hydrogens (tertiary/aromatic N) is 3. The second-order valence-corrected chi connectivity index (χ2v) is 8.04. The second kappa shape index (κ2) is 7.64. The monoisotopic (exact) mass is 431 g/mol. The van der Waals surface area contributed by atoms with Crippen LogP contribution in [0.3, 0.4) is 0 Å². The first-order chi connectivity index (χ1) is 14.2. The van der Waals surface area contributed by atoms with Crippen molar-refractivity contribution in [2.24, 2.45) is 0 Å². The number of benzene rings is 2.